The van der Waals surface area contributed by atoms with Gasteiger partial charge >= 0.3 is 0 Å². The zero-order valence-corrected chi connectivity index (χ0v) is 11.7. The summed E-state index contributed by atoms with van der Waals surface area (Å²) in [6, 6.07) is 0. The molecule has 13 heavy (non-hydrogen) atoms. The molecule has 3 nitrogen and oxygen atoms in total. The van der Waals surface area contributed by atoms with E-state index in [1.807, 2.05) is 0 Å². The van der Waals surface area contributed by atoms with Gasteiger partial charge in [0.05, 0.1) is 0 Å². The van der Waals surface area contributed by atoms with E-state index in [2.05, 4.69) is 47.8 Å². The van der Waals surface area contributed by atoms with Crippen LogP contribution in [0.3, 0.4) is 0 Å². The van der Waals surface area contributed by atoms with E-state index in [4.69, 9.17) is 15.3 Å². The summed E-state index contributed by atoms with van der Waals surface area (Å²) < 4.78 is 0. The van der Waals surface area contributed by atoms with Crippen molar-refractivity contribution in [3.8, 4) is 0 Å². The molecule has 0 amide bonds. The highest BCUT2D eigenvalue weighted by Crippen LogP contribution is 2.26. The van der Waals surface area contributed by atoms with Crippen molar-refractivity contribution in [2.24, 2.45) is 0 Å². The SMILES string of the molecule is OC(O)(O)C(Br)C(Br)CCCCBr. The second-order valence-electron chi connectivity index (χ2n) is 2.79. The third kappa shape index (κ3) is 6.41. The van der Waals surface area contributed by atoms with Crippen molar-refractivity contribution in [2.75, 3.05) is 5.33 Å². The van der Waals surface area contributed by atoms with Gasteiger partial charge in [0.1, 0.15) is 4.83 Å². The zero-order chi connectivity index (χ0) is 10.5. The van der Waals surface area contributed by atoms with E-state index in [0.29, 0.717) is 0 Å². The molecule has 2 atom stereocenters. The molecule has 0 rings (SSSR count). The maximum Gasteiger partial charge on any atom is 0.289 e. The maximum atomic E-state index is 8.84. The lowest BCUT2D eigenvalue weighted by Gasteiger charge is -2.24. The fraction of sp³-hybridized carbons (Fsp3) is 1.00. The van der Waals surface area contributed by atoms with Crippen LogP contribution in [0.1, 0.15) is 19.3 Å². The molecule has 80 valence electrons. The first kappa shape index (κ1) is 14.3. The summed E-state index contributed by atoms with van der Waals surface area (Å²) >= 11 is 9.58. The average Bonchev–Trinajstić information content (AvgIpc) is 2.01. The standard InChI is InChI=1S/C7H13Br3O3/c8-4-2-1-3-5(9)6(10)7(11,12)13/h5-6,11-13H,1-4H2. The maximum absolute atomic E-state index is 8.84. The van der Waals surface area contributed by atoms with Crippen LogP contribution in [-0.2, 0) is 0 Å². The summed E-state index contributed by atoms with van der Waals surface area (Å²) in [5, 5.41) is 27.4. The van der Waals surface area contributed by atoms with E-state index in [1.165, 1.54) is 0 Å². The first-order valence-corrected chi connectivity index (χ1v) is 6.86. The predicted octanol–water partition coefficient (Wildman–Crippen LogP) is 1.71. The van der Waals surface area contributed by atoms with Crippen LogP contribution >= 0.6 is 47.8 Å². The summed E-state index contributed by atoms with van der Waals surface area (Å²) in [6.07, 6.45) is 2.75. The van der Waals surface area contributed by atoms with E-state index >= 15 is 0 Å². The summed E-state index contributed by atoms with van der Waals surface area (Å²) in [4.78, 5) is -0.943. The second-order valence-corrected chi connectivity index (χ2v) is 5.75. The van der Waals surface area contributed by atoms with Crippen molar-refractivity contribution in [3.63, 3.8) is 0 Å². The Kier molecular flexibility index (Phi) is 7.42. The third-order valence-electron chi connectivity index (χ3n) is 1.55. The van der Waals surface area contributed by atoms with Gasteiger partial charge in [-0.3, -0.25) is 0 Å². The van der Waals surface area contributed by atoms with Crippen LogP contribution in [0.2, 0.25) is 0 Å². The molecule has 0 radical (unpaired) electrons. The predicted molar refractivity (Wildman–Crippen MR) is 62.5 cm³/mol. The molecule has 3 N–H and O–H groups in total. The van der Waals surface area contributed by atoms with Crippen molar-refractivity contribution in [1.29, 1.82) is 0 Å². The van der Waals surface area contributed by atoms with Crippen LogP contribution in [0.25, 0.3) is 0 Å². The Bertz CT molecular complexity index is 137. The summed E-state index contributed by atoms with van der Waals surface area (Å²) in [5.74, 6) is -2.66. The Morgan fingerprint density at radius 2 is 1.62 bits per heavy atom. The monoisotopic (exact) mass is 382 g/mol. The van der Waals surface area contributed by atoms with Gasteiger partial charge in [-0.1, -0.05) is 54.2 Å². The van der Waals surface area contributed by atoms with Gasteiger partial charge in [0.25, 0.3) is 5.97 Å². The highest BCUT2D eigenvalue weighted by atomic mass is 79.9. The molecule has 0 aliphatic heterocycles. The number of unbranched alkanes of at least 4 members (excludes halogenated alkanes) is 1. The van der Waals surface area contributed by atoms with Crippen LogP contribution in [0.15, 0.2) is 0 Å². The molecule has 0 fully saturated rings. The molecule has 0 aliphatic rings. The Morgan fingerprint density at radius 3 is 2.00 bits per heavy atom. The van der Waals surface area contributed by atoms with Crippen molar-refractivity contribution in [2.45, 2.75) is 34.9 Å². The van der Waals surface area contributed by atoms with E-state index in [0.717, 1.165) is 24.6 Å². The number of hydrogen-bond acceptors (Lipinski definition) is 3. The molecule has 0 bridgehead atoms. The number of hydrogen-bond donors (Lipinski definition) is 3. The molecular weight excluding hydrogens is 372 g/mol. The van der Waals surface area contributed by atoms with Crippen molar-refractivity contribution < 1.29 is 15.3 Å². The molecule has 0 heterocycles. The van der Waals surface area contributed by atoms with Gasteiger partial charge in [-0.25, -0.2) is 0 Å². The number of rotatable bonds is 6. The lowest BCUT2D eigenvalue weighted by molar-refractivity contribution is -0.308. The Morgan fingerprint density at radius 1 is 1.08 bits per heavy atom. The Balaban J connectivity index is 3.76. The largest absolute Gasteiger partial charge is 0.343 e. The summed E-state index contributed by atoms with van der Waals surface area (Å²) in [7, 11) is 0. The van der Waals surface area contributed by atoms with Gasteiger partial charge in [-0.15, -0.1) is 0 Å². The zero-order valence-electron chi connectivity index (χ0n) is 6.96. The van der Waals surface area contributed by atoms with E-state index in [-0.39, 0.29) is 4.83 Å². The van der Waals surface area contributed by atoms with Crippen LogP contribution in [0.4, 0.5) is 0 Å². The Labute approximate surface area is 103 Å². The second kappa shape index (κ2) is 6.74. The van der Waals surface area contributed by atoms with Gasteiger partial charge in [0.2, 0.25) is 0 Å². The smallest absolute Gasteiger partial charge is 0.289 e. The van der Waals surface area contributed by atoms with Crippen LogP contribution in [-0.4, -0.2) is 36.3 Å². The molecule has 0 saturated heterocycles. The van der Waals surface area contributed by atoms with Crippen molar-refractivity contribution in [1.82, 2.24) is 0 Å². The normalized spacial score (nSPS) is 17.1. The van der Waals surface area contributed by atoms with E-state index in [1.54, 1.807) is 0 Å². The molecule has 0 aromatic rings. The molecule has 0 spiro atoms. The van der Waals surface area contributed by atoms with Crippen LogP contribution in [0, 0.1) is 0 Å². The molecule has 6 heteroatoms. The third-order valence-corrected chi connectivity index (χ3v) is 5.06. The minimum absolute atomic E-state index is 0.161. The molecule has 0 saturated carbocycles. The fourth-order valence-electron chi connectivity index (χ4n) is 0.823. The van der Waals surface area contributed by atoms with E-state index in [9.17, 15) is 0 Å². The lowest BCUT2D eigenvalue weighted by atomic mass is 10.1. The quantitative estimate of drug-likeness (QED) is 0.371. The minimum atomic E-state index is -2.66. The molecule has 0 aliphatic carbocycles. The van der Waals surface area contributed by atoms with Crippen LogP contribution < -0.4 is 0 Å². The minimum Gasteiger partial charge on any atom is -0.343 e. The molecule has 0 aromatic heterocycles. The summed E-state index contributed by atoms with van der Waals surface area (Å²) in [6.45, 7) is 0. The molecule has 0 aromatic carbocycles. The Hall–Kier alpha value is 1.32. The topological polar surface area (TPSA) is 60.7 Å². The van der Waals surface area contributed by atoms with Crippen molar-refractivity contribution in [3.05, 3.63) is 0 Å². The number of aliphatic hydroxyl groups is 3. The van der Waals surface area contributed by atoms with Gasteiger partial charge < -0.3 is 15.3 Å². The van der Waals surface area contributed by atoms with Gasteiger partial charge in [0, 0.05) is 10.2 Å². The lowest BCUT2D eigenvalue weighted by Crippen LogP contribution is -2.43. The number of halogens is 3. The van der Waals surface area contributed by atoms with E-state index < -0.39 is 10.8 Å². The first-order valence-electron chi connectivity index (χ1n) is 3.90. The van der Waals surface area contributed by atoms with Crippen LogP contribution in [0.5, 0.6) is 0 Å². The first-order chi connectivity index (χ1) is 5.89. The number of alkyl halides is 3. The fourth-order valence-corrected chi connectivity index (χ4v) is 2.16. The highest BCUT2D eigenvalue weighted by molar-refractivity contribution is 9.12. The molecular formula is C7H13Br3O3. The van der Waals surface area contributed by atoms with Gasteiger partial charge in [-0.05, 0) is 12.8 Å². The highest BCUT2D eigenvalue weighted by Gasteiger charge is 2.34. The average molecular weight is 385 g/mol. The van der Waals surface area contributed by atoms with Gasteiger partial charge in [0.15, 0.2) is 0 Å². The summed E-state index contributed by atoms with van der Waals surface area (Å²) in [5.41, 5.74) is 0. The van der Waals surface area contributed by atoms with Crippen molar-refractivity contribution >= 4 is 47.8 Å². The molecule has 2 unspecified atom stereocenters. The van der Waals surface area contributed by atoms with Gasteiger partial charge in [-0.2, -0.15) is 0 Å².